The molecule has 1 aliphatic carbocycles. The summed E-state index contributed by atoms with van der Waals surface area (Å²) in [4.78, 5) is 5.73. The molecule has 18 heavy (non-hydrogen) atoms. The SMILES string of the molecule is CN=C(NCC(C)c1cccs1)NC1CCCC1. The lowest BCUT2D eigenvalue weighted by atomic mass is 10.1. The molecule has 1 aliphatic rings. The van der Waals surface area contributed by atoms with Crippen LogP contribution < -0.4 is 10.6 Å². The summed E-state index contributed by atoms with van der Waals surface area (Å²) in [6.45, 7) is 3.19. The molecule has 0 spiro atoms. The van der Waals surface area contributed by atoms with Crippen molar-refractivity contribution >= 4 is 17.3 Å². The van der Waals surface area contributed by atoms with E-state index in [-0.39, 0.29) is 0 Å². The van der Waals surface area contributed by atoms with E-state index in [4.69, 9.17) is 0 Å². The third-order valence-electron chi connectivity index (χ3n) is 3.52. The van der Waals surface area contributed by atoms with E-state index in [2.05, 4.69) is 40.1 Å². The molecule has 2 rings (SSSR count). The van der Waals surface area contributed by atoms with Crippen LogP contribution in [0.25, 0.3) is 0 Å². The molecule has 1 saturated carbocycles. The number of nitrogens with zero attached hydrogens (tertiary/aromatic N) is 1. The first-order valence-corrected chi connectivity index (χ1v) is 7.68. The van der Waals surface area contributed by atoms with Crippen LogP contribution in [0.1, 0.15) is 43.4 Å². The van der Waals surface area contributed by atoms with E-state index >= 15 is 0 Å². The van der Waals surface area contributed by atoms with Gasteiger partial charge in [-0.1, -0.05) is 25.8 Å². The van der Waals surface area contributed by atoms with Crippen molar-refractivity contribution in [1.82, 2.24) is 10.6 Å². The molecule has 1 atom stereocenters. The van der Waals surface area contributed by atoms with Gasteiger partial charge in [0, 0.05) is 30.4 Å². The van der Waals surface area contributed by atoms with E-state index in [9.17, 15) is 0 Å². The van der Waals surface area contributed by atoms with Crippen molar-refractivity contribution < 1.29 is 0 Å². The Labute approximate surface area is 114 Å². The van der Waals surface area contributed by atoms with Crippen molar-refractivity contribution in [2.45, 2.75) is 44.6 Å². The summed E-state index contributed by atoms with van der Waals surface area (Å²) >= 11 is 1.82. The zero-order valence-electron chi connectivity index (χ0n) is 11.3. The van der Waals surface area contributed by atoms with Crippen molar-refractivity contribution in [1.29, 1.82) is 0 Å². The number of rotatable bonds is 4. The molecule has 3 nitrogen and oxygen atoms in total. The van der Waals surface area contributed by atoms with Crippen molar-refractivity contribution in [3.63, 3.8) is 0 Å². The van der Waals surface area contributed by atoms with E-state index in [0.717, 1.165) is 12.5 Å². The minimum absolute atomic E-state index is 0.534. The molecule has 1 aromatic rings. The van der Waals surface area contributed by atoms with Gasteiger partial charge < -0.3 is 10.6 Å². The molecule has 0 amide bonds. The van der Waals surface area contributed by atoms with Crippen molar-refractivity contribution in [2.75, 3.05) is 13.6 Å². The molecule has 100 valence electrons. The molecule has 1 fully saturated rings. The number of thiophene rings is 1. The third-order valence-corrected chi connectivity index (χ3v) is 4.63. The summed E-state index contributed by atoms with van der Waals surface area (Å²) in [6.07, 6.45) is 5.25. The van der Waals surface area contributed by atoms with Gasteiger partial charge in [-0.15, -0.1) is 11.3 Å². The van der Waals surface area contributed by atoms with E-state index in [1.807, 2.05) is 18.4 Å². The molecular formula is C14H23N3S. The lowest BCUT2D eigenvalue weighted by Crippen LogP contribution is -2.43. The molecule has 1 unspecified atom stereocenters. The number of hydrogen-bond donors (Lipinski definition) is 2. The zero-order chi connectivity index (χ0) is 12.8. The lowest BCUT2D eigenvalue weighted by molar-refractivity contribution is 0.606. The number of guanidine groups is 1. The molecule has 2 N–H and O–H groups in total. The molecule has 0 bridgehead atoms. The maximum Gasteiger partial charge on any atom is 0.191 e. The molecule has 0 aromatic carbocycles. The summed E-state index contributed by atoms with van der Waals surface area (Å²) in [6, 6.07) is 4.93. The molecule has 0 radical (unpaired) electrons. The third kappa shape index (κ3) is 3.73. The van der Waals surface area contributed by atoms with Crippen LogP contribution in [-0.2, 0) is 0 Å². The van der Waals surface area contributed by atoms with E-state index in [0.29, 0.717) is 12.0 Å². The maximum atomic E-state index is 4.30. The standard InChI is InChI=1S/C14H23N3S/c1-11(13-8-5-9-18-13)10-16-14(15-2)17-12-6-3-4-7-12/h5,8-9,11-12H,3-4,6-7,10H2,1-2H3,(H2,15,16,17). The average molecular weight is 265 g/mol. The Hall–Kier alpha value is -1.03. The quantitative estimate of drug-likeness (QED) is 0.648. The largest absolute Gasteiger partial charge is 0.356 e. The minimum atomic E-state index is 0.534. The van der Waals surface area contributed by atoms with Gasteiger partial charge >= 0.3 is 0 Å². The van der Waals surface area contributed by atoms with E-state index in [1.54, 1.807) is 0 Å². The summed E-state index contributed by atoms with van der Waals surface area (Å²) in [5.41, 5.74) is 0. The van der Waals surface area contributed by atoms with Crippen molar-refractivity contribution in [2.24, 2.45) is 4.99 Å². The highest BCUT2D eigenvalue weighted by molar-refractivity contribution is 7.10. The first-order valence-electron chi connectivity index (χ1n) is 6.80. The number of hydrogen-bond acceptors (Lipinski definition) is 2. The number of aliphatic imine (C=N–C) groups is 1. The second-order valence-electron chi connectivity index (χ2n) is 5.00. The molecule has 1 heterocycles. The maximum absolute atomic E-state index is 4.30. The van der Waals surface area contributed by atoms with Gasteiger partial charge in [-0.05, 0) is 24.3 Å². The van der Waals surface area contributed by atoms with Gasteiger partial charge in [0.25, 0.3) is 0 Å². The predicted molar refractivity (Wildman–Crippen MR) is 79.5 cm³/mol. The van der Waals surface area contributed by atoms with Crippen LogP contribution >= 0.6 is 11.3 Å². The summed E-state index contributed by atoms with van der Waals surface area (Å²) in [5.74, 6) is 1.48. The topological polar surface area (TPSA) is 36.4 Å². The van der Waals surface area contributed by atoms with Crippen LogP contribution in [0.2, 0.25) is 0 Å². The smallest absolute Gasteiger partial charge is 0.191 e. The summed E-state index contributed by atoms with van der Waals surface area (Å²) in [7, 11) is 1.85. The lowest BCUT2D eigenvalue weighted by Gasteiger charge is -2.18. The summed E-state index contributed by atoms with van der Waals surface area (Å²) < 4.78 is 0. The highest BCUT2D eigenvalue weighted by atomic mass is 32.1. The molecule has 0 saturated heterocycles. The highest BCUT2D eigenvalue weighted by Gasteiger charge is 2.16. The van der Waals surface area contributed by atoms with Crippen molar-refractivity contribution in [3.05, 3.63) is 22.4 Å². The van der Waals surface area contributed by atoms with Gasteiger partial charge in [0.1, 0.15) is 0 Å². The Bertz CT molecular complexity index is 366. The van der Waals surface area contributed by atoms with Gasteiger partial charge in [0.2, 0.25) is 0 Å². The molecule has 1 aromatic heterocycles. The Balaban J connectivity index is 1.76. The van der Waals surface area contributed by atoms with Crippen LogP contribution in [0.4, 0.5) is 0 Å². The monoisotopic (exact) mass is 265 g/mol. The normalized spacial score (nSPS) is 18.9. The van der Waals surface area contributed by atoms with Gasteiger partial charge in [0.05, 0.1) is 0 Å². The minimum Gasteiger partial charge on any atom is -0.356 e. The first kappa shape index (κ1) is 13.4. The second kappa shape index (κ2) is 6.78. The highest BCUT2D eigenvalue weighted by Crippen LogP contribution is 2.20. The number of nitrogens with one attached hydrogen (secondary N) is 2. The van der Waals surface area contributed by atoms with Gasteiger partial charge in [-0.25, -0.2) is 0 Å². The Morgan fingerprint density at radius 1 is 1.50 bits per heavy atom. The second-order valence-corrected chi connectivity index (χ2v) is 5.97. The van der Waals surface area contributed by atoms with Crippen LogP contribution in [0.3, 0.4) is 0 Å². The van der Waals surface area contributed by atoms with Gasteiger partial charge in [-0.3, -0.25) is 4.99 Å². The van der Waals surface area contributed by atoms with Crippen LogP contribution in [0.15, 0.2) is 22.5 Å². The average Bonchev–Trinajstić information content (AvgIpc) is 3.06. The van der Waals surface area contributed by atoms with Crippen LogP contribution in [-0.4, -0.2) is 25.6 Å². The van der Waals surface area contributed by atoms with Crippen molar-refractivity contribution in [3.8, 4) is 0 Å². The van der Waals surface area contributed by atoms with E-state index in [1.165, 1.54) is 30.6 Å². The van der Waals surface area contributed by atoms with Gasteiger partial charge in [-0.2, -0.15) is 0 Å². The Kier molecular flexibility index (Phi) is 5.05. The Morgan fingerprint density at radius 3 is 2.89 bits per heavy atom. The predicted octanol–water partition coefficient (Wildman–Crippen LogP) is 2.96. The fourth-order valence-electron chi connectivity index (χ4n) is 2.38. The van der Waals surface area contributed by atoms with Gasteiger partial charge in [0.15, 0.2) is 5.96 Å². The summed E-state index contributed by atoms with van der Waals surface area (Å²) in [5, 5.41) is 9.07. The fraction of sp³-hybridized carbons (Fsp3) is 0.643. The van der Waals surface area contributed by atoms with E-state index < -0.39 is 0 Å². The fourth-order valence-corrected chi connectivity index (χ4v) is 3.17. The molecule has 4 heteroatoms. The van der Waals surface area contributed by atoms with Crippen LogP contribution in [0.5, 0.6) is 0 Å². The zero-order valence-corrected chi connectivity index (χ0v) is 12.1. The van der Waals surface area contributed by atoms with Crippen LogP contribution in [0, 0.1) is 0 Å². The molecular weight excluding hydrogens is 242 g/mol. The Morgan fingerprint density at radius 2 is 2.28 bits per heavy atom. The molecule has 0 aliphatic heterocycles. The first-order chi connectivity index (χ1) is 8.79.